The van der Waals surface area contributed by atoms with Gasteiger partial charge in [-0.3, -0.25) is 9.69 Å². The number of carbonyl (C=O) groups is 1. The van der Waals surface area contributed by atoms with Gasteiger partial charge in [-0.05, 0) is 50.4 Å². The molecule has 0 spiro atoms. The van der Waals surface area contributed by atoms with E-state index in [9.17, 15) is 4.79 Å². The molecule has 1 aliphatic rings. The molecule has 21 heavy (non-hydrogen) atoms. The van der Waals surface area contributed by atoms with E-state index in [4.69, 9.17) is 28.9 Å². The molecular formula is C15H21Cl2N3O. The predicted molar refractivity (Wildman–Crippen MR) is 87.9 cm³/mol. The number of nitrogens with zero attached hydrogens (tertiary/aromatic N) is 1. The van der Waals surface area contributed by atoms with Crippen molar-refractivity contribution in [3.05, 3.63) is 28.2 Å². The van der Waals surface area contributed by atoms with E-state index >= 15 is 0 Å². The average Bonchev–Trinajstić information content (AvgIpc) is 2.43. The molecule has 1 aromatic rings. The summed E-state index contributed by atoms with van der Waals surface area (Å²) in [7, 11) is 0. The van der Waals surface area contributed by atoms with E-state index in [0.717, 1.165) is 25.9 Å². The third-order valence-electron chi connectivity index (χ3n) is 3.86. The summed E-state index contributed by atoms with van der Waals surface area (Å²) >= 11 is 11.8. The van der Waals surface area contributed by atoms with Crippen molar-refractivity contribution < 1.29 is 4.79 Å². The topological polar surface area (TPSA) is 58.4 Å². The van der Waals surface area contributed by atoms with Gasteiger partial charge in [-0.15, -0.1) is 0 Å². The summed E-state index contributed by atoms with van der Waals surface area (Å²) in [6.45, 7) is 4.23. The Hall–Kier alpha value is -0.810. The second-order valence-corrected chi connectivity index (χ2v) is 6.49. The minimum atomic E-state index is -0.0429. The Morgan fingerprint density at radius 1 is 1.48 bits per heavy atom. The van der Waals surface area contributed by atoms with Gasteiger partial charge in [0.1, 0.15) is 0 Å². The van der Waals surface area contributed by atoms with Crippen LogP contribution in [0.25, 0.3) is 0 Å². The lowest BCUT2D eigenvalue weighted by atomic mass is 9.92. The zero-order valence-corrected chi connectivity index (χ0v) is 13.6. The lowest BCUT2D eigenvalue weighted by Gasteiger charge is -2.34. The van der Waals surface area contributed by atoms with Crippen LogP contribution in [0.4, 0.5) is 5.69 Å². The number of likely N-dealkylation sites (tertiary alicyclic amines) is 1. The van der Waals surface area contributed by atoms with E-state index in [1.54, 1.807) is 18.2 Å². The highest BCUT2D eigenvalue weighted by Gasteiger charge is 2.23. The van der Waals surface area contributed by atoms with E-state index in [1.165, 1.54) is 0 Å². The molecule has 1 amide bonds. The predicted octanol–water partition coefficient (Wildman–Crippen LogP) is 2.99. The van der Waals surface area contributed by atoms with E-state index < -0.39 is 0 Å². The van der Waals surface area contributed by atoms with Gasteiger partial charge in [0.25, 0.3) is 0 Å². The van der Waals surface area contributed by atoms with Crippen molar-refractivity contribution in [2.45, 2.75) is 25.8 Å². The molecule has 0 radical (unpaired) electrons. The van der Waals surface area contributed by atoms with Crippen LogP contribution in [0.15, 0.2) is 18.2 Å². The first kappa shape index (κ1) is 16.6. The molecule has 116 valence electrons. The number of piperidine rings is 1. The number of amides is 1. The van der Waals surface area contributed by atoms with Gasteiger partial charge in [0.2, 0.25) is 5.91 Å². The summed E-state index contributed by atoms with van der Waals surface area (Å²) in [5, 5.41) is 3.76. The molecule has 3 N–H and O–H groups in total. The highest BCUT2D eigenvalue weighted by molar-refractivity contribution is 6.42. The quantitative estimate of drug-likeness (QED) is 0.892. The van der Waals surface area contributed by atoms with Crippen molar-refractivity contribution >= 4 is 34.8 Å². The van der Waals surface area contributed by atoms with Crippen molar-refractivity contribution in [3.8, 4) is 0 Å². The Bertz CT molecular complexity index is 508. The molecular weight excluding hydrogens is 309 g/mol. The first-order valence-electron chi connectivity index (χ1n) is 7.18. The van der Waals surface area contributed by atoms with Crippen LogP contribution < -0.4 is 11.1 Å². The van der Waals surface area contributed by atoms with Crippen LogP contribution >= 0.6 is 23.2 Å². The summed E-state index contributed by atoms with van der Waals surface area (Å²) in [5.74, 6) is 0.426. The van der Waals surface area contributed by atoms with Crippen molar-refractivity contribution in [2.24, 2.45) is 11.7 Å². The van der Waals surface area contributed by atoms with Gasteiger partial charge in [0.05, 0.1) is 16.6 Å². The van der Waals surface area contributed by atoms with Crippen LogP contribution in [0.3, 0.4) is 0 Å². The van der Waals surface area contributed by atoms with Crippen molar-refractivity contribution in [1.29, 1.82) is 0 Å². The summed E-state index contributed by atoms with van der Waals surface area (Å²) in [5.41, 5.74) is 6.62. The highest BCUT2D eigenvalue weighted by atomic mass is 35.5. The molecule has 1 aromatic carbocycles. The Kier molecular flexibility index (Phi) is 5.88. The molecule has 0 aliphatic carbocycles. The Morgan fingerprint density at radius 2 is 2.24 bits per heavy atom. The smallest absolute Gasteiger partial charge is 0.238 e. The van der Waals surface area contributed by atoms with Crippen LogP contribution in [0.5, 0.6) is 0 Å². The minimum absolute atomic E-state index is 0.0429. The largest absolute Gasteiger partial charge is 0.328 e. The number of hydrogen-bond donors (Lipinski definition) is 2. The standard InChI is InChI=1S/C15H21Cl2N3O/c1-10(18)11-3-2-6-20(8-11)9-15(21)19-12-4-5-13(16)14(17)7-12/h4-5,7,10-11H,2-3,6,8-9,18H2,1H3,(H,19,21). The van der Waals surface area contributed by atoms with Crippen molar-refractivity contribution in [3.63, 3.8) is 0 Å². The van der Waals surface area contributed by atoms with Gasteiger partial charge in [0, 0.05) is 18.3 Å². The SMILES string of the molecule is CC(N)C1CCCN(CC(=O)Nc2ccc(Cl)c(Cl)c2)C1. The molecule has 2 atom stereocenters. The number of carbonyl (C=O) groups excluding carboxylic acids is 1. The minimum Gasteiger partial charge on any atom is -0.328 e. The van der Waals surface area contributed by atoms with Crippen LogP contribution in [0.1, 0.15) is 19.8 Å². The van der Waals surface area contributed by atoms with Gasteiger partial charge in [-0.2, -0.15) is 0 Å². The van der Waals surface area contributed by atoms with E-state index in [2.05, 4.69) is 10.2 Å². The van der Waals surface area contributed by atoms with Gasteiger partial charge < -0.3 is 11.1 Å². The van der Waals surface area contributed by atoms with Crippen LogP contribution in [0.2, 0.25) is 10.0 Å². The van der Waals surface area contributed by atoms with Crippen molar-refractivity contribution in [1.82, 2.24) is 4.90 Å². The summed E-state index contributed by atoms with van der Waals surface area (Å²) in [6.07, 6.45) is 2.23. The average molecular weight is 330 g/mol. The van der Waals surface area contributed by atoms with Gasteiger partial charge in [-0.25, -0.2) is 0 Å². The van der Waals surface area contributed by atoms with Crippen LogP contribution in [0, 0.1) is 5.92 Å². The number of nitrogens with two attached hydrogens (primary N) is 1. The molecule has 2 unspecified atom stereocenters. The number of benzene rings is 1. The summed E-state index contributed by atoms with van der Waals surface area (Å²) < 4.78 is 0. The molecule has 2 rings (SSSR count). The summed E-state index contributed by atoms with van der Waals surface area (Å²) in [4.78, 5) is 14.3. The Labute approximate surface area is 135 Å². The Balaban J connectivity index is 1.87. The first-order chi connectivity index (χ1) is 9.95. The van der Waals surface area contributed by atoms with Gasteiger partial charge >= 0.3 is 0 Å². The third kappa shape index (κ3) is 4.85. The normalized spacial score (nSPS) is 21.0. The highest BCUT2D eigenvalue weighted by Crippen LogP contribution is 2.25. The first-order valence-corrected chi connectivity index (χ1v) is 7.94. The second kappa shape index (κ2) is 7.45. The van der Waals surface area contributed by atoms with Crippen molar-refractivity contribution in [2.75, 3.05) is 25.0 Å². The fourth-order valence-electron chi connectivity index (χ4n) is 2.64. The zero-order chi connectivity index (χ0) is 15.4. The second-order valence-electron chi connectivity index (χ2n) is 5.67. The number of rotatable bonds is 4. The maximum absolute atomic E-state index is 12.1. The third-order valence-corrected chi connectivity index (χ3v) is 4.60. The summed E-state index contributed by atoms with van der Waals surface area (Å²) in [6, 6.07) is 5.24. The van der Waals surface area contributed by atoms with Gasteiger partial charge in [0.15, 0.2) is 0 Å². The van der Waals surface area contributed by atoms with Crippen LogP contribution in [-0.4, -0.2) is 36.5 Å². The lowest BCUT2D eigenvalue weighted by Crippen LogP contribution is -2.45. The molecule has 1 heterocycles. The molecule has 1 fully saturated rings. The lowest BCUT2D eigenvalue weighted by molar-refractivity contribution is -0.117. The van der Waals surface area contributed by atoms with E-state index in [-0.39, 0.29) is 11.9 Å². The van der Waals surface area contributed by atoms with E-state index in [0.29, 0.717) is 28.2 Å². The molecule has 0 aromatic heterocycles. The monoisotopic (exact) mass is 329 g/mol. The number of halogens is 2. The zero-order valence-electron chi connectivity index (χ0n) is 12.1. The number of hydrogen-bond acceptors (Lipinski definition) is 3. The number of anilines is 1. The maximum Gasteiger partial charge on any atom is 0.238 e. The molecule has 4 nitrogen and oxygen atoms in total. The molecule has 0 bridgehead atoms. The molecule has 1 aliphatic heterocycles. The fraction of sp³-hybridized carbons (Fsp3) is 0.533. The maximum atomic E-state index is 12.1. The fourth-order valence-corrected chi connectivity index (χ4v) is 2.94. The van der Waals surface area contributed by atoms with Crippen LogP contribution in [-0.2, 0) is 4.79 Å². The molecule has 6 heteroatoms. The van der Waals surface area contributed by atoms with Gasteiger partial charge in [-0.1, -0.05) is 23.2 Å². The van der Waals surface area contributed by atoms with E-state index in [1.807, 2.05) is 6.92 Å². The number of nitrogens with one attached hydrogen (secondary N) is 1. The molecule has 1 saturated heterocycles. The Morgan fingerprint density at radius 3 is 2.90 bits per heavy atom. The molecule has 0 saturated carbocycles.